The summed E-state index contributed by atoms with van der Waals surface area (Å²) in [7, 11) is 0. The molecule has 1 aromatic rings. The van der Waals surface area contributed by atoms with E-state index in [4.69, 9.17) is 15.2 Å². The molecular formula is C11H12BrNO2. The molecule has 2 unspecified atom stereocenters. The Morgan fingerprint density at radius 3 is 2.73 bits per heavy atom. The van der Waals surface area contributed by atoms with Crippen LogP contribution >= 0.6 is 15.9 Å². The molecule has 2 atom stereocenters. The minimum Gasteiger partial charge on any atom is -0.486 e. The second-order valence-corrected chi connectivity index (χ2v) is 4.89. The summed E-state index contributed by atoms with van der Waals surface area (Å²) in [6.45, 7) is 1.24. The van der Waals surface area contributed by atoms with E-state index in [-0.39, 0.29) is 0 Å². The van der Waals surface area contributed by atoms with Crippen LogP contribution in [0.15, 0.2) is 16.6 Å². The van der Waals surface area contributed by atoms with Gasteiger partial charge in [-0.2, -0.15) is 0 Å². The highest BCUT2D eigenvalue weighted by Crippen LogP contribution is 2.45. The van der Waals surface area contributed by atoms with Gasteiger partial charge < -0.3 is 15.2 Å². The monoisotopic (exact) mass is 269 g/mol. The fourth-order valence-corrected chi connectivity index (χ4v) is 2.52. The third kappa shape index (κ3) is 1.62. The Morgan fingerprint density at radius 1 is 1.27 bits per heavy atom. The molecule has 3 rings (SSSR count). The van der Waals surface area contributed by atoms with Crippen LogP contribution in [-0.4, -0.2) is 19.3 Å². The lowest BCUT2D eigenvalue weighted by atomic mass is 10.1. The Bertz CT molecular complexity index is 408. The highest BCUT2D eigenvalue weighted by Gasteiger charge is 2.36. The van der Waals surface area contributed by atoms with Crippen molar-refractivity contribution in [3.63, 3.8) is 0 Å². The van der Waals surface area contributed by atoms with Crippen LogP contribution in [0.2, 0.25) is 0 Å². The van der Waals surface area contributed by atoms with Crippen molar-refractivity contribution in [3.05, 3.63) is 22.2 Å². The molecule has 2 aliphatic rings. The molecular weight excluding hydrogens is 258 g/mol. The van der Waals surface area contributed by atoms with Crippen molar-refractivity contribution in [3.8, 4) is 11.5 Å². The number of hydrogen-bond donors (Lipinski definition) is 1. The summed E-state index contributed by atoms with van der Waals surface area (Å²) in [4.78, 5) is 0. The van der Waals surface area contributed by atoms with Gasteiger partial charge in [-0.25, -0.2) is 0 Å². The second-order valence-electron chi connectivity index (χ2n) is 4.03. The summed E-state index contributed by atoms with van der Waals surface area (Å²) in [5.74, 6) is 2.15. The Labute approximate surface area is 96.7 Å². The maximum absolute atomic E-state index is 5.84. The predicted octanol–water partition coefficient (Wildman–Crippen LogP) is 2.03. The first kappa shape index (κ1) is 9.48. The normalized spacial score (nSPS) is 27.6. The van der Waals surface area contributed by atoms with E-state index in [9.17, 15) is 0 Å². The molecule has 2 N–H and O–H groups in total. The molecule has 0 aromatic heterocycles. The summed E-state index contributed by atoms with van der Waals surface area (Å²) < 4.78 is 12.1. The minimum absolute atomic E-state index is 0.319. The first-order valence-corrected chi connectivity index (χ1v) is 5.89. The SMILES string of the molecule is NC1CC1c1cc(Br)c2c(c1)OCCO2. The summed E-state index contributed by atoms with van der Waals surface area (Å²) in [5.41, 5.74) is 7.09. The molecule has 80 valence electrons. The lowest BCUT2D eigenvalue weighted by molar-refractivity contribution is 0.170. The highest BCUT2D eigenvalue weighted by atomic mass is 79.9. The number of fused-ring (bicyclic) bond motifs is 1. The molecule has 4 heteroatoms. The van der Waals surface area contributed by atoms with E-state index in [1.54, 1.807) is 0 Å². The van der Waals surface area contributed by atoms with E-state index in [2.05, 4.69) is 28.1 Å². The zero-order valence-corrected chi connectivity index (χ0v) is 9.79. The molecule has 1 aliphatic carbocycles. The quantitative estimate of drug-likeness (QED) is 0.849. The Hall–Kier alpha value is -0.740. The van der Waals surface area contributed by atoms with Gasteiger partial charge in [0.1, 0.15) is 13.2 Å². The topological polar surface area (TPSA) is 44.5 Å². The molecule has 3 nitrogen and oxygen atoms in total. The number of hydrogen-bond acceptors (Lipinski definition) is 3. The summed E-state index contributed by atoms with van der Waals surface area (Å²) >= 11 is 3.50. The Morgan fingerprint density at radius 2 is 2.00 bits per heavy atom. The van der Waals surface area contributed by atoms with Crippen molar-refractivity contribution in [1.29, 1.82) is 0 Å². The minimum atomic E-state index is 0.319. The largest absolute Gasteiger partial charge is 0.486 e. The molecule has 0 amide bonds. The van der Waals surface area contributed by atoms with Gasteiger partial charge in [-0.15, -0.1) is 0 Å². The predicted molar refractivity (Wildman–Crippen MR) is 60.5 cm³/mol. The van der Waals surface area contributed by atoms with Crippen molar-refractivity contribution < 1.29 is 9.47 Å². The van der Waals surface area contributed by atoms with Crippen molar-refractivity contribution in [1.82, 2.24) is 0 Å². The van der Waals surface area contributed by atoms with Crippen LogP contribution < -0.4 is 15.2 Å². The van der Waals surface area contributed by atoms with E-state index >= 15 is 0 Å². The zero-order valence-electron chi connectivity index (χ0n) is 8.20. The number of halogens is 1. The van der Waals surface area contributed by atoms with Gasteiger partial charge >= 0.3 is 0 Å². The highest BCUT2D eigenvalue weighted by molar-refractivity contribution is 9.10. The molecule has 1 heterocycles. The van der Waals surface area contributed by atoms with Crippen LogP contribution in [0.1, 0.15) is 17.9 Å². The number of rotatable bonds is 1. The molecule has 0 saturated heterocycles. The average molecular weight is 270 g/mol. The van der Waals surface area contributed by atoms with Crippen LogP contribution in [0.25, 0.3) is 0 Å². The molecule has 1 fully saturated rings. The summed E-state index contributed by atoms with van der Waals surface area (Å²) in [6, 6.07) is 4.46. The van der Waals surface area contributed by atoms with Gasteiger partial charge in [0.05, 0.1) is 4.47 Å². The van der Waals surface area contributed by atoms with Gasteiger partial charge in [-0.05, 0) is 40.0 Å². The number of nitrogens with two attached hydrogens (primary N) is 1. The standard InChI is InChI=1S/C11H12BrNO2/c12-8-3-6(7-5-9(7)13)4-10-11(8)15-2-1-14-10/h3-4,7,9H,1-2,5,13H2. The molecule has 15 heavy (non-hydrogen) atoms. The van der Waals surface area contributed by atoms with Gasteiger partial charge in [0, 0.05) is 12.0 Å². The van der Waals surface area contributed by atoms with Gasteiger partial charge in [-0.3, -0.25) is 0 Å². The fourth-order valence-electron chi connectivity index (χ4n) is 1.94. The van der Waals surface area contributed by atoms with Crippen molar-refractivity contribution in [2.24, 2.45) is 5.73 Å². The summed E-state index contributed by atoms with van der Waals surface area (Å²) in [6.07, 6.45) is 1.08. The Balaban J connectivity index is 2.01. The van der Waals surface area contributed by atoms with Crippen LogP contribution in [0.3, 0.4) is 0 Å². The molecule has 1 aliphatic heterocycles. The van der Waals surface area contributed by atoms with Gasteiger partial charge in [0.25, 0.3) is 0 Å². The number of benzene rings is 1. The van der Waals surface area contributed by atoms with E-state index in [0.717, 1.165) is 22.4 Å². The van der Waals surface area contributed by atoms with Crippen LogP contribution in [0.4, 0.5) is 0 Å². The maximum Gasteiger partial charge on any atom is 0.175 e. The lowest BCUT2D eigenvalue weighted by Gasteiger charge is -2.20. The van der Waals surface area contributed by atoms with E-state index in [1.165, 1.54) is 5.56 Å². The van der Waals surface area contributed by atoms with E-state index in [0.29, 0.717) is 25.2 Å². The average Bonchev–Trinajstić information content (AvgIpc) is 2.96. The first-order valence-electron chi connectivity index (χ1n) is 5.10. The van der Waals surface area contributed by atoms with E-state index in [1.807, 2.05) is 0 Å². The van der Waals surface area contributed by atoms with Crippen molar-refractivity contribution in [2.75, 3.05) is 13.2 Å². The van der Waals surface area contributed by atoms with Crippen LogP contribution in [0.5, 0.6) is 11.5 Å². The summed E-state index contributed by atoms with van der Waals surface area (Å²) in [5, 5.41) is 0. The molecule has 0 bridgehead atoms. The third-order valence-corrected chi connectivity index (χ3v) is 3.48. The first-order chi connectivity index (χ1) is 7.25. The fraction of sp³-hybridized carbons (Fsp3) is 0.455. The molecule has 0 spiro atoms. The molecule has 1 aromatic carbocycles. The van der Waals surface area contributed by atoms with Crippen LogP contribution in [0, 0.1) is 0 Å². The van der Waals surface area contributed by atoms with Gasteiger partial charge in [0.2, 0.25) is 0 Å². The zero-order chi connectivity index (χ0) is 10.4. The third-order valence-electron chi connectivity index (χ3n) is 2.89. The smallest absolute Gasteiger partial charge is 0.175 e. The van der Waals surface area contributed by atoms with Crippen molar-refractivity contribution in [2.45, 2.75) is 18.4 Å². The van der Waals surface area contributed by atoms with Crippen LogP contribution in [-0.2, 0) is 0 Å². The number of ether oxygens (including phenoxy) is 2. The Kier molecular flexibility index (Phi) is 2.14. The lowest BCUT2D eigenvalue weighted by Crippen LogP contribution is -2.16. The molecule has 0 radical (unpaired) electrons. The maximum atomic E-state index is 5.84. The second kappa shape index (κ2) is 3.39. The van der Waals surface area contributed by atoms with Gasteiger partial charge in [-0.1, -0.05) is 0 Å². The molecule has 1 saturated carbocycles. The van der Waals surface area contributed by atoms with E-state index < -0.39 is 0 Å². The van der Waals surface area contributed by atoms with Crippen molar-refractivity contribution >= 4 is 15.9 Å². The van der Waals surface area contributed by atoms with Gasteiger partial charge in [0.15, 0.2) is 11.5 Å².